The molecule has 0 aliphatic heterocycles. The van der Waals surface area contributed by atoms with Gasteiger partial charge in [-0.3, -0.25) is 9.59 Å². The van der Waals surface area contributed by atoms with E-state index in [2.05, 4.69) is 26.2 Å². The van der Waals surface area contributed by atoms with Crippen molar-refractivity contribution in [1.82, 2.24) is 25.5 Å². The lowest BCUT2D eigenvalue weighted by Crippen LogP contribution is -2.42. The average Bonchev–Trinajstić information content (AvgIpc) is 3.27. The summed E-state index contributed by atoms with van der Waals surface area (Å²) in [5.41, 5.74) is 1.85. The number of carbonyl (C=O) groups is 2. The van der Waals surface area contributed by atoms with E-state index in [-0.39, 0.29) is 17.4 Å². The summed E-state index contributed by atoms with van der Waals surface area (Å²) in [4.78, 5) is 25.3. The minimum Gasteiger partial charge on any atom is -0.347 e. The third-order valence-corrected chi connectivity index (χ3v) is 5.01. The number of aromatic nitrogens is 4. The van der Waals surface area contributed by atoms with E-state index in [1.807, 2.05) is 51.1 Å². The summed E-state index contributed by atoms with van der Waals surface area (Å²) in [7, 11) is 0. The first-order valence-corrected chi connectivity index (χ1v) is 9.88. The van der Waals surface area contributed by atoms with Crippen LogP contribution in [0.2, 0.25) is 0 Å². The fourth-order valence-electron chi connectivity index (χ4n) is 2.85. The predicted octanol–water partition coefficient (Wildman–Crippen LogP) is 3.01. The summed E-state index contributed by atoms with van der Waals surface area (Å²) in [5.74, 6) is -0.383. The molecule has 2 aromatic carbocycles. The number of amides is 2. The normalized spacial score (nSPS) is 12.2. The van der Waals surface area contributed by atoms with Crippen molar-refractivity contribution in [3.05, 3.63) is 72.1 Å². The molecule has 3 rings (SSSR count). The molecule has 8 nitrogen and oxygen atoms in total. The molecule has 1 heterocycles. The Morgan fingerprint density at radius 1 is 1.07 bits per heavy atom. The molecule has 0 bridgehead atoms. The van der Waals surface area contributed by atoms with Gasteiger partial charge in [0.1, 0.15) is 12.4 Å². The van der Waals surface area contributed by atoms with Crippen molar-refractivity contribution in [3.8, 4) is 0 Å². The van der Waals surface area contributed by atoms with Crippen molar-refractivity contribution >= 4 is 17.5 Å². The van der Waals surface area contributed by atoms with Gasteiger partial charge in [0, 0.05) is 23.2 Å². The van der Waals surface area contributed by atoms with Crippen LogP contribution in [0.5, 0.6) is 0 Å². The van der Waals surface area contributed by atoms with Gasteiger partial charge in [0.2, 0.25) is 5.91 Å². The van der Waals surface area contributed by atoms with E-state index in [1.165, 1.54) is 11.0 Å². The van der Waals surface area contributed by atoms with Crippen LogP contribution in [0.25, 0.3) is 0 Å². The van der Waals surface area contributed by atoms with E-state index in [0.717, 1.165) is 12.0 Å². The quantitative estimate of drug-likeness (QED) is 0.599. The summed E-state index contributed by atoms with van der Waals surface area (Å²) in [5, 5.41) is 17.1. The first-order chi connectivity index (χ1) is 14.4. The van der Waals surface area contributed by atoms with Gasteiger partial charge in [-0.15, -0.1) is 5.10 Å². The van der Waals surface area contributed by atoms with Crippen molar-refractivity contribution in [2.75, 3.05) is 5.32 Å². The second-order valence-corrected chi connectivity index (χ2v) is 7.75. The lowest BCUT2D eigenvalue weighted by atomic mass is 10.0. The van der Waals surface area contributed by atoms with Crippen molar-refractivity contribution < 1.29 is 9.59 Å². The van der Waals surface area contributed by atoms with Crippen LogP contribution < -0.4 is 10.6 Å². The van der Waals surface area contributed by atoms with Gasteiger partial charge in [-0.25, -0.2) is 4.68 Å². The highest BCUT2D eigenvalue weighted by Crippen LogP contribution is 2.18. The maximum Gasteiger partial charge on any atom is 0.251 e. The monoisotopic (exact) mass is 406 g/mol. The molecule has 2 amide bonds. The Morgan fingerprint density at radius 3 is 2.37 bits per heavy atom. The Labute approximate surface area is 175 Å². The molecule has 0 aliphatic carbocycles. The van der Waals surface area contributed by atoms with Gasteiger partial charge >= 0.3 is 0 Å². The van der Waals surface area contributed by atoms with E-state index in [0.29, 0.717) is 17.7 Å². The lowest BCUT2D eigenvalue weighted by molar-refractivity contribution is -0.119. The number of nitrogens with zero attached hydrogens (tertiary/aromatic N) is 4. The summed E-state index contributed by atoms with van der Waals surface area (Å²) >= 11 is 0. The van der Waals surface area contributed by atoms with E-state index < -0.39 is 6.04 Å². The van der Waals surface area contributed by atoms with Crippen molar-refractivity contribution in [1.29, 1.82) is 0 Å². The van der Waals surface area contributed by atoms with Gasteiger partial charge in [-0.05, 0) is 60.5 Å². The van der Waals surface area contributed by atoms with E-state index in [4.69, 9.17) is 0 Å². The van der Waals surface area contributed by atoms with Crippen LogP contribution in [0.4, 0.5) is 5.69 Å². The maximum absolute atomic E-state index is 13.0. The molecular formula is C22H26N6O2. The Bertz CT molecular complexity index is 969. The molecule has 0 aliphatic rings. The number of carbonyl (C=O) groups excluding carboxylic acids is 2. The van der Waals surface area contributed by atoms with Gasteiger partial charge in [0.05, 0.1) is 0 Å². The Hall–Kier alpha value is -3.55. The molecule has 8 heteroatoms. The summed E-state index contributed by atoms with van der Waals surface area (Å²) in [6.45, 7) is 5.98. The van der Waals surface area contributed by atoms with Crippen LogP contribution in [0, 0.1) is 0 Å². The van der Waals surface area contributed by atoms with E-state index in [1.54, 1.807) is 24.3 Å². The Kier molecular flexibility index (Phi) is 6.56. The molecule has 0 radical (unpaired) electrons. The molecular weight excluding hydrogens is 380 g/mol. The van der Waals surface area contributed by atoms with Crippen LogP contribution in [0.3, 0.4) is 0 Å². The lowest BCUT2D eigenvalue weighted by Gasteiger charge is -2.24. The molecule has 0 saturated carbocycles. The minimum absolute atomic E-state index is 0.143. The zero-order valence-electron chi connectivity index (χ0n) is 17.4. The first kappa shape index (κ1) is 21.2. The summed E-state index contributed by atoms with van der Waals surface area (Å²) < 4.78 is 1.44. The van der Waals surface area contributed by atoms with Crippen LogP contribution in [0.15, 0.2) is 60.9 Å². The number of hydrogen-bond donors (Lipinski definition) is 2. The van der Waals surface area contributed by atoms with Crippen LogP contribution in [0.1, 0.15) is 49.2 Å². The molecule has 0 fully saturated rings. The molecule has 1 unspecified atom stereocenters. The first-order valence-electron chi connectivity index (χ1n) is 9.88. The van der Waals surface area contributed by atoms with Gasteiger partial charge in [0.15, 0.2) is 0 Å². The molecule has 0 saturated heterocycles. The van der Waals surface area contributed by atoms with Gasteiger partial charge in [-0.2, -0.15) is 0 Å². The maximum atomic E-state index is 13.0. The van der Waals surface area contributed by atoms with E-state index in [9.17, 15) is 9.59 Å². The number of hydrogen-bond acceptors (Lipinski definition) is 5. The molecule has 0 spiro atoms. The molecule has 1 atom stereocenters. The third kappa shape index (κ3) is 5.50. The molecule has 156 valence electrons. The SMILES string of the molecule is CCC(C)(C)NC(=O)c1ccc(NC(=O)C(Cc2ccccc2)n2cnnn2)cc1. The fourth-order valence-corrected chi connectivity index (χ4v) is 2.85. The second-order valence-electron chi connectivity index (χ2n) is 7.75. The third-order valence-electron chi connectivity index (χ3n) is 5.01. The standard InChI is InChI=1S/C22H26N6O2/c1-4-22(2,3)25-20(29)17-10-12-18(13-11-17)24-21(30)19(28-15-23-26-27-28)14-16-8-6-5-7-9-16/h5-13,15,19H,4,14H2,1-3H3,(H,24,30)(H,25,29). The largest absolute Gasteiger partial charge is 0.347 e. The predicted molar refractivity (Wildman–Crippen MR) is 114 cm³/mol. The topological polar surface area (TPSA) is 102 Å². The number of rotatable bonds is 8. The van der Waals surface area contributed by atoms with Crippen LogP contribution in [-0.4, -0.2) is 37.6 Å². The van der Waals surface area contributed by atoms with Gasteiger partial charge < -0.3 is 10.6 Å². The van der Waals surface area contributed by atoms with Crippen molar-refractivity contribution in [2.45, 2.75) is 45.2 Å². The number of nitrogens with one attached hydrogen (secondary N) is 2. The number of tetrazole rings is 1. The minimum atomic E-state index is -0.601. The van der Waals surface area contributed by atoms with Crippen LogP contribution >= 0.6 is 0 Å². The molecule has 3 aromatic rings. The molecule has 2 N–H and O–H groups in total. The summed E-state index contributed by atoms with van der Waals surface area (Å²) in [6, 6.07) is 15.9. The number of anilines is 1. The highest BCUT2D eigenvalue weighted by atomic mass is 16.2. The van der Waals surface area contributed by atoms with Gasteiger partial charge in [0.25, 0.3) is 5.91 Å². The zero-order chi connectivity index (χ0) is 21.6. The molecule has 1 aromatic heterocycles. The average molecular weight is 406 g/mol. The van der Waals surface area contributed by atoms with Crippen molar-refractivity contribution in [3.63, 3.8) is 0 Å². The van der Waals surface area contributed by atoms with Crippen molar-refractivity contribution in [2.24, 2.45) is 0 Å². The Morgan fingerprint density at radius 2 is 1.77 bits per heavy atom. The fraction of sp³-hybridized carbons (Fsp3) is 0.318. The van der Waals surface area contributed by atoms with Crippen LogP contribution in [-0.2, 0) is 11.2 Å². The van der Waals surface area contributed by atoms with Gasteiger partial charge in [-0.1, -0.05) is 37.3 Å². The second kappa shape index (κ2) is 9.30. The Balaban J connectivity index is 1.70. The van der Waals surface area contributed by atoms with E-state index >= 15 is 0 Å². The highest BCUT2D eigenvalue weighted by Gasteiger charge is 2.23. The molecule has 30 heavy (non-hydrogen) atoms. The number of benzene rings is 2. The zero-order valence-corrected chi connectivity index (χ0v) is 17.4. The smallest absolute Gasteiger partial charge is 0.251 e. The highest BCUT2D eigenvalue weighted by molar-refractivity contribution is 5.97. The summed E-state index contributed by atoms with van der Waals surface area (Å²) in [6.07, 6.45) is 2.70.